The molecule has 22 heavy (non-hydrogen) atoms. The van der Waals surface area contributed by atoms with E-state index in [0.717, 1.165) is 22.0 Å². The van der Waals surface area contributed by atoms with Crippen LogP contribution in [0.1, 0.15) is 11.1 Å². The summed E-state index contributed by atoms with van der Waals surface area (Å²) in [6, 6.07) is 15.6. The molecule has 3 aromatic rings. The van der Waals surface area contributed by atoms with E-state index >= 15 is 0 Å². The van der Waals surface area contributed by atoms with Crippen molar-refractivity contribution in [1.82, 2.24) is 4.98 Å². The van der Waals surface area contributed by atoms with E-state index in [-0.39, 0.29) is 5.75 Å². The molecule has 3 rings (SSSR count). The number of nitrogens with zero attached hydrogens (tertiary/aromatic N) is 2. The normalized spacial score (nSPS) is 11.2. The minimum atomic E-state index is 0.236. The van der Waals surface area contributed by atoms with E-state index in [9.17, 15) is 5.11 Å². The fraction of sp³-hybridized carbons (Fsp3) is 0.105. The first-order valence-electron chi connectivity index (χ1n) is 7.17. The van der Waals surface area contributed by atoms with Gasteiger partial charge in [-0.3, -0.25) is 4.98 Å². The first-order chi connectivity index (χ1) is 10.6. The first-order valence-corrected chi connectivity index (χ1v) is 7.17. The maximum Gasteiger partial charge on any atom is 0.117 e. The van der Waals surface area contributed by atoms with Crippen LogP contribution in [0.25, 0.3) is 23.1 Å². The van der Waals surface area contributed by atoms with Crippen molar-refractivity contribution in [3.05, 3.63) is 65.9 Å². The smallest absolute Gasteiger partial charge is 0.117 e. The van der Waals surface area contributed by atoms with Gasteiger partial charge in [0.1, 0.15) is 5.75 Å². The van der Waals surface area contributed by atoms with Gasteiger partial charge in [-0.15, -0.1) is 0 Å². The van der Waals surface area contributed by atoms with E-state index in [1.807, 2.05) is 26.2 Å². The lowest BCUT2D eigenvalue weighted by Crippen LogP contribution is -2.07. The van der Waals surface area contributed by atoms with Crippen LogP contribution in [0.4, 0.5) is 5.69 Å². The van der Waals surface area contributed by atoms with Crippen LogP contribution in [0.2, 0.25) is 0 Å². The summed E-state index contributed by atoms with van der Waals surface area (Å²) >= 11 is 0. The van der Waals surface area contributed by atoms with Crippen molar-refractivity contribution in [2.24, 2.45) is 0 Å². The predicted octanol–water partition coefficient (Wildman–Crippen LogP) is 4.18. The standard InChI is InChI=1S/C19H18N2O/c1-21(2)16-7-4-14(5-8-16)3-6-15-11-12-20-19-13-17(22)9-10-18(15)19/h3-13,22H,1-2H3/b6-3+. The molecule has 0 aliphatic rings. The molecule has 1 heterocycles. The third-order valence-corrected chi connectivity index (χ3v) is 3.62. The average Bonchev–Trinajstić information content (AvgIpc) is 2.52. The number of pyridine rings is 1. The molecule has 3 heteroatoms. The van der Waals surface area contributed by atoms with Crippen LogP contribution in [-0.2, 0) is 0 Å². The van der Waals surface area contributed by atoms with E-state index in [0.29, 0.717) is 0 Å². The maximum absolute atomic E-state index is 9.54. The van der Waals surface area contributed by atoms with Crippen molar-refractivity contribution in [3.8, 4) is 5.75 Å². The zero-order valence-electron chi connectivity index (χ0n) is 12.7. The van der Waals surface area contributed by atoms with Crippen LogP contribution in [0.5, 0.6) is 5.75 Å². The summed E-state index contributed by atoms with van der Waals surface area (Å²) in [5.41, 5.74) is 4.21. The highest BCUT2D eigenvalue weighted by Gasteiger charge is 2.00. The van der Waals surface area contributed by atoms with Crippen LogP contribution in [0, 0.1) is 0 Å². The topological polar surface area (TPSA) is 36.4 Å². The third kappa shape index (κ3) is 2.93. The van der Waals surface area contributed by atoms with Gasteiger partial charge in [-0.2, -0.15) is 0 Å². The number of benzene rings is 2. The van der Waals surface area contributed by atoms with E-state index in [2.05, 4.69) is 46.3 Å². The quantitative estimate of drug-likeness (QED) is 0.786. The number of phenolic OH excluding ortho intramolecular Hbond substituents is 1. The molecule has 0 aliphatic carbocycles. The minimum absolute atomic E-state index is 0.236. The Labute approximate surface area is 130 Å². The average molecular weight is 290 g/mol. The molecular formula is C19H18N2O. The molecule has 0 saturated heterocycles. The zero-order chi connectivity index (χ0) is 15.5. The molecule has 0 fully saturated rings. The molecule has 0 bridgehead atoms. The molecule has 3 nitrogen and oxygen atoms in total. The van der Waals surface area contributed by atoms with Gasteiger partial charge in [0.15, 0.2) is 0 Å². The van der Waals surface area contributed by atoms with Crippen molar-refractivity contribution in [2.75, 3.05) is 19.0 Å². The number of aromatic hydroxyl groups is 1. The second kappa shape index (κ2) is 5.90. The summed E-state index contributed by atoms with van der Waals surface area (Å²) in [6.07, 6.45) is 5.92. The van der Waals surface area contributed by atoms with Gasteiger partial charge in [0, 0.05) is 37.4 Å². The van der Waals surface area contributed by atoms with Crippen LogP contribution >= 0.6 is 0 Å². The molecular weight excluding hydrogens is 272 g/mol. The van der Waals surface area contributed by atoms with E-state index in [1.54, 1.807) is 18.3 Å². The summed E-state index contributed by atoms with van der Waals surface area (Å²) in [4.78, 5) is 6.37. The number of anilines is 1. The Morgan fingerprint density at radius 2 is 1.73 bits per heavy atom. The second-order valence-electron chi connectivity index (χ2n) is 5.42. The lowest BCUT2D eigenvalue weighted by atomic mass is 10.1. The van der Waals surface area contributed by atoms with Gasteiger partial charge in [0.2, 0.25) is 0 Å². The van der Waals surface area contributed by atoms with E-state index < -0.39 is 0 Å². The maximum atomic E-state index is 9.54. The summed E-state index contributed by atoms with van der Waals surface area (Å²) in [5, 5.41) is 10.6. The monoisotopic (exact) mass is 290 g/mol. The van der Waals surface area contributed by atoms with Crippen molar-refractivity contribution in [1.29, 1.82) is 0 Å². The van der Waals surface area contributed by atoms with Gasteiger partial charge in [-0.1, -0.05) is 24.3 Å². The van der Waals surface area contributed by atoms with Crippen molar-refractivity contribution in [3.63, 3.8) is 0 Å². The summed E-state index contributed by atoms with van der Waals surface area (Å²) in [6.45, 7) is 0. The summed E-state index contributed by atoms with van der Waals surface area (Å²) in [5.74, 6) is 0.236. The molecule has 1 aromatic heterocycles. The van der Waals surface area contributed by atoms with Gasteiger partial charge >= 0.3 is 0 Å². The number of aromatic nitrogens is 1. The van der Waals surface area contributed by atoms with E-state index in [4.69, 9.17) is 0 Å². The minimum Gasteiger partial charge on any atom is -0.508 e. The molecule has 0 amide bonds. The zero-order valence-corrected chi connectivity index (χ0v) is 12.7. The highest BCUT2D eigenvalue weighted by Crippen LogP contribution is 2.23. The van der Waals surface area contributed by atoms with Gasteiger partial charge in [-0.25, -0.2) is 0 Å². The van der Waals surface area contributed by atoms with Gasteiger partial charge in [-0.05, 0) is 41.5 Å². The Balaban J connectivity index is 1.92. The predicted molar refractivity (Wildman–Crippen MR) is 93.1 cm³/mol. The largest absolute Gasteiger partial charge is 0.508 e. The molecule has 0 unspecified atom stereocenters. The molecule has 0 saturated carbocycles. The highest BCUT2D eigenvalue weighted by atomic mass is 16.3. The summed E-state index contributed by atoms with van der Waals surface area (Å²) < 4.78 is 0. The SMILES string of the molecule is CN(C)c1ccc(/C=C/c2ccnc3cc(O)ccc23)cc1. The summed E-state index contributed by atoms with van der Waals surface area (Å²) in [7, 11) is 4.06. The molecule has 2 aromatic carbocycles. The number of fused-ring (bicyclic) bond motifs is 1. The second-order valence-corrected chi connectivity index (χ2v) is 5.42. The number of rotatable bonds is 3. The number of hydrogen-bond acceptors (Lipinski definition) is 3. The molecule has 0 atom stereocenters. The Bertz CT molecular complexity index is 820. The van der Waals surface area contributed by atoms with Crippen LogP contribution in [0.3, 0.4) is 0 Å². The molecule has 0 radical (unpaired) electrons. The molecule has 0 spiro atoms. The molecule has 1 N–H and O–H groups in total. The van der Waals surface area contributed by atoms with Gasteiger partial charge in [0.25, 0.3) is 0 Å². The van der Waals surface area contributed by atoms with E-state index in [1.165, 1.54) is 5.69 Å². The van der Waals surface area contributed by atoms with Crippen molar-refractivity contribution < 1.29 is 5.11 Å². The number of phenols is 1. The van der Waals surface area contributed by atoms with Crippen LogP contribution in [0.15, 0.2) is 54.7 Å². The van der Waals surface area contributed by atoms with Crippen molar-refractivity contribution in [2.45, 2.75) is 0 Å². The Hall–Kier alpha value is -2.81. The lowest BCUT2D eigenvalue weighted by Gasteiger charge is -2.11. The van der Waals surface area contributed by atoms with Crippen molar-refractivity contribution >= 4 is 28.7 Å². The Kier molecular flexibility index (Phi) is 3.79. The fourth-order valence-corrected chi connectivity index (χ4v) is 2.37. The van der Waals surface area contributed by atoms with Gasteiger partial charge in [0.05, 0.1) is 5.52 Å². The lowest BCUT2D eigenvalue weighted by molar-refractivity contribution is 0.476. The van der Waals surface area contributed by atoms with Crippen LogP contribution in [-0.4, -0.2) is 24.2 Å². The molecule has 110 valence electrons. The Morgan fingerprint density at radius 3 is 2.45 bits per heavy atom. The highest BCUT2D eigenvalue weighted by molar-refractivity contribution is 5.91. The number of hydrogen-bond donors (Lipinski definition) is 1. The fourth-order valence-electron chi connectivity index (χ4n) is 2.37. The van der Waals surface area contributed by atoms with Crippen LogP contribution < -0.4 is 4.90 Å². The molecule has 0 aliphatic heterocycles. The van der Waals surface area contributed by atoms with Gasteiger partial charge < -0.3 is 10.0 Å². The Morgan fingerprint density at radius 1 is 0.955 bits per heavy atom. The first kappa shape index (κ1) is 14.1. The third-order valence-electron chi connectivity index (χ3n) is 3.62.